The van der Waals surface area contributed by atoms with Gasteiger partial charge in [0.05, 0.1) is 11.9 Å². The lowest BCUT2D eigenvalue weighted by molar-refractivity contribution is 0.555. The fourth-order valence-corrected chi connectivity index (χ4v) is 2.64. The zero-order valence-corrected chi connectivity index (χ0v) is 11.1. The van der Waals surface area contributed by atoms with Crippen LogP contribution in [0.4, 0.5) is 5.69 Å². The van der Waals surface area contributed by atoms with Gasteiger partial charge in [0.25, 0.3) is 5.56 Å². The lowest BCUT2D eigenvalue weighted by atomic mass is 10.1. The molecule has 1 aliphatic carbocycles. The lowest BCUT2D eigenvalue weighted by Gasteiger charge is -2.19. The molecule has 5 heteroatoms. The smallest absolute Gasteiger partial charge is 0.282 e. The first-order valence-corrected chi connectivity index (χ1v) is 6.37. The van der Waals surface area contributed by atoms with Gasteiger partial charge in [-0.2, -0.15) is 5.10 Å². The van der Waals surface area contributed by atoms with E-state index >= 15 is 0 Å². The minimum atomic E-state index is -0.101. The fourth-order valence-electron chi connectivity index (χ4n) is 2.17. The molecule has 88 valence electrons. The van der Waals surface area contributed by atoms with Crippen molar-refractivity contribution in [3.05, 3.63) is 21.0 Å². The van der Waals surface area contributed by atoms with Crippen LogP contribution in [0.2, 0.25) is 0 Å². The Kier molecular flexibility index (Phi) is 3.33. The first kappa shape index (κ1) is 11.6. The molecule has 1 fully saturated rings. The second-order valence-electron chi connectivity index (χ2n) is 4.46. The standard InChI is InChI=1S/C11H16BrN3O/c1-7-4-3-5-8(7)14-9-6-13-15(2)11(16)10(9)12/h6-8,14H,3-5H2,1-2H3. The summed E-state index contributed by atoms with van der Waals surface area (Å²) in [6, 6.07) is 0.463. The Labute approximate surface area is 103 Å². The van der Waals surface area contributed by atoms with E-state index < -0.39 is 0 Å². The summed E-state index contributed by atoms with van der Waals surface area (Å²) < 4.78 is 1.90. The third kappa shape index (κ3) is 2.14. The predicted octanol–water partition coefficient (Wildman–Crippen LogP) is 2.14. The fraction of sp³-hybridized carbons (Fsp3) is 0.636. The Balaban J connectivity index is 2.22. The molecule has 0 spiro atoms. The average molecular weight is 286 g/mol. The summed E-state index contributed by atoms with van der Waals surface area (Å²) in [5.74, 6) is 0.663. The highest BCUT2D eigenvalue weighted by molar-refractivity contribution is 9.10. The number of aryl methyl sites for hydroxylation is 1. The largest absolute Gasteiger partial charge is 0.380 e. The van der Waals surface area contributed by atoms with Gasteiger partial charge in [-0.05, 0) is 34.7 Å². The Morgan fingerprint density at radius 3 is 2.94 bits per heavy atom. The van der Waals surface area contributed by atoms with Crippen molar-refractivity contribution in [2.75, 3.05) is 5.32 Å². The highest BCUT2D eigenvalue weighted by atomic mass is 79.9. The van der Waals surface area contributed by atoms with Gasteiger partial charge in [-0.3, -0.25) is 4.79 Å². The monoisotopic (exact) mass is 285 g/mol. The zero-order valence-electron chi connectivity index (χ0n) is 9.53. The molecule has 2 rings (SSSR count). The molecule has 16 heavy (non-hydrogen) atoms. The van der Waals surface area contributed by atoms with Crippen LogP contribution < -0.4 is 10.9 Å². The third-order valence-electron chi connectivity index (χ3n) is 3.28. The molecule has 1 saturated carbocycles. The van der Waals surface area contributed by atoms with Crippen LogP contribution in [0, 0.1) is 5.92 Å². The first-order valence-electron chi connectivity index (χ1n) is 5.58. The molecule has 0 saturated heterocycles. The van der Waals surface area contributed by atoms with Crippen LogP contribution in [-0.2, 0) is 7.05 Å². The number of rotatable bonds is 2. The molecule has 0 amide bonds. The van der Waals surface area contributed by atoms with Crippen molar-refractivity contribution in [3.63, 3.8) is 0 Å². The maximum absolute atomic E-state index is 11.7. The SMILES string of the molecule is CC1CCCC1Nc1cnn(C)c(=O)c1Br. The van der Waals surface area contributed by atoms with Crippen LogP contribution in [0.25, 0.3) is 0 Å². The number of anilines is 1. The average Bonchev–Trinajstić information content (AvgIpc) is 2.65. The van der Waals surface area contributed by atoms with Crippen molar-refractivity contribution in [1.29, 1.82) is 0 Å². The van der Waals surface area contributed by atoms with Gasteiger partial charge >= 0.3 is 0 Å². The predicted molar refractivity (Wildman–Crippen MR) is 67.6 cm³/mol. The lowest BCUT2D eigenvalue weighted by Crippen LogP contribution is -2.26. The Hall–Kier alpha value is -0.840. The highest BCUT2D eigenvalue weighted by Gasteiger charge is 2.24. The molecule has 0 radical (unpaired) electrons. The van der Waals surface area contributed by atoms with Gasteiger partial charge in [0.1, 0.15) is 4.47 Å². The van der Waals surface area contributed by atoms with Crippen molar-refractivity contribution in [2.45, 2.75) is 32.2 Å². The van der Waals surface area contributed by atoms with E-state index in [0.717, 1.165) is 5.69 Å². The molecule has 0 aromatic carbocycles. The van der Waals surface area contributed by atoms with Crippen LogP contribution in [-0.4, -0.2) is 15.8 Å². The molecule has 0 aliphatic heterocycles. The second kappa shape index (κ2) is 4.57. The summed E-state index contributed by atoms with van der Waals surface area (Å²) in [5, 5.41) is 7.42. The van der Waals surface area contributed by atoms with Crippen molar-refractivity contribution < 1.29 is 0 Å². The van der Waals surface area contributed by atoms with E-state index in [1.807, 2.05) is 0 Å². The van der Waals surface area contributed by atoms with Gasteiger partial charge in [0.2, 0.25) is 0 Å². The molecule has 1 heterocycles. The molecule has 1 N–H and O–H groups in total. The number of aromatic nitrogens is 2. The van der Waals surface area contributed by atoms with Gasteiger partial charge in [-0.1, -0.05) is 13.3 Å². The van der Waals surface area contributed by atoms with Crippen LogP contribution >= 0.6 is 15.9 Å². The summed E-state index contributed by atoms with van der Waals surface area (Å²) in [4.78, 5) is 11.7. The zero-order chi connectivity index (χ0) is 11.7. The molecule has 1 aromatic heterocycles. The van der Waals surface area contributed by atoms with Crippen molar-refractivity contribution in [2.24, 2.45) is 13.0 Å². The summed E-state index contributed by atoms with van der Waals surface area (Å²) in [7, 11) is 1.65. The van der Waals surface area contributed by atoms with Gasteiger partial charge in [-0.15, -0.1) is 0 Å². The molecule has 4 nitrogen and oxygen atoms in total. The topological polar surface area (TPSA) is 46.9 Å². The van der Waals surface area contributed by atoms with Gasteiger partial charge < -0.3 is 5.32 Å². The molecular weight excluding hydrogens is 270 g/mol. The maximum Gasteiger partial charge on any atom is 0.282 e. The minimum absolute atomic E-state index is 0.101. The van der Waals surface area contributed by atoms with E-state index in [2.05, 4.69) is 33.3 Å². The molecular formula is C11H16BrN3O. The molecule has 2 atom stereocenters. The van der Waals surface area contributed by atoms with E-state index in [1.165, 1.54) is 23.9 Å². The number of hydrogen-bond donors (Lipinski definition) is 1. The van der Waals surface area contributed by atoms with Crippen molar-refractivity contribution >= 4 is 21.6 Å². The Bertz CT molecular complexity index is 443. The number of nitrogens with one attached hydrogen (secondary N) is 1. The normalized spacial score (nSPS) is 24.7. The number of nitrogens with zero attached hydrogens (tertiary/aromatic N) is 2. The van der Waals surface area contributed by atoms with Crippen molar-refractivity contribution in [3.8, 4) is 0 Å². The summed E-state index contributed by atoms with van der Waals surface area (Å²) >= 11 is 3.32. The highest BCUT2D eigenvalue weighted by Crippen LogP contribution is 2.29. The van der Waals surface area contributed by atoms with Crippen LogP contribution in [0.15, 0.2) is 15.5 Å². The Morgan fingerprint density at radius 1 is 1.56 bits per heavy atom. The first-order chi connectivity index (χ1) is 7.59. The molecule has 2 unspecified atom stereocenters. The number of halogens is 1. The summed E-state index contributed by atoms with van der Waals surface area (Å²) in [6.45, 7) is 2.24. The van der Waals surface area contributed by atoms with Crippen LogP contribution in [0.5, 0.6) is 0 Å². The van der Waals surface area contributed by atoms with E-state index in [1.54, 1.807) is 13.2 Å². The summed E-state index contributed by atoms with van der Waals surface area (Å²) in [5.41, 5.74) is 0.706. The van der Waals surface area contributed by atoms with Gasteiger partial charge in [0, 0.05) is 13.1 Å². The summed E-state index contributed by atoms with van der Waals surface area (Å²) in [6.07, 6.45) is 5.39. The van der Waals surface area contributed by atoms with Crippen LogP contribution in [0.1, 0.15) is 26.2 Å². The number of hydrogen-bond acceptors (Lipinski definition) is 3. The molecule has 1 aliphatic rings. The second-order valence-corrected chi connectivity index (χ2v) is 5.25. The minimum Gasteiger partial charge on any atom is -0.380 e. The van der Waals surface area contributed by atoms with Gasteiger partial charge in [-0.25, -0.2) is 4.68 Å². The van der Waals surface area contributed by atoms with E-state index in [9.17, 15) is 4.79 Å². The third-order valence-corrected chi connectivity index (χ3v) is 4.05. The van der Waals surface area contributed by atoms with E-state index in [4.69, 9.17) is 0 Å². The van der Waals surface area contributed by atoms with E-state index in [0.29, 0.717) is 16.4 Å². The quantitative estimate of drug-likeness (QED) is 0.906. The van der Waals surface area contributed by atoms with Crippen LogP contribution in [0.3, 0.4) is 0 Å². The molecule has 1 aromatic rings. The van der Waals surface area contributed by atoms with E-state index in [-0.39, 0.29) is 5.56 Å². The van der Waals surface area contributed by atoms with Crippen molar-refractivity contribution in [1.82, 2.24) is 9.78 Å². The molecule has 0 bridgehead atoms. The van der Waals surface area contributed by atoms with Gasteiger partial charge in [0.15, 0.2) is 0 Å². The maximum atomic E-state index is 11.7. The Morgan fingerprint density at radius 2 is 2.31 bits per heavy atom.